The van der Waals surface area contributed by atoms with E-state index in [2.05, 4.69) is 11.9 Å². The van der Waals surface area contributed by atoms with Crippen LogP contribution < -0.4 is 10.1 Å². The lowest BCUT2D eigenvalue weighted by molar-refractivity contribution is 0.102. The first-order chi connectivity index (χ1) is 10.5. The van der Waals surface area contributed by atoms with Crippen LogP contribution in [-0.2, 0) is 0 Å². The van der Waals surface area contributed by atoms with Gasteiger partial charge in [0.05, 0.1) is 10.6 Å². The van der Waals surface area contributed by atoms with Gasteiger partial charge < -0.3 is 10.1 Å². The molecule has 2 aromatic rings. The molecule has 0 aliphatic carbocycles. The molecule has 0 radical (unpaired) electrons. The number of halogens is 2. The van der Waals surface area contributed by atoms with E-state index in [1.807, 2.05) is 6.92 Å². The number of amides is 1. The van der Waals surface area contributed by atoms with Crippen LogP contribution in [0.4, 0.5) is 10.1 Å². The summed E-state index contributed by atoms with van der Waals surface area (Å²) in [7, 11) is 0. The average Bonchev–Trinajstić information content (AvgIpc) is 2.49. The summed E-state index contributed by atoms with van der Waals surface area (Å²) in [5.74, 6) is -0.443. The Kier molecular flexibility index (Phi) is 5.17. The maximum absolute atomic E-state index is 13.1. The van der Waals surface area contributed by atoms with Crippen LogP contribution in [-0.4, -0.2) is 12.5 Å². The predicted molar refractivity (Wildman–Crippen MR) is 86.1 cm³/mol. The van der Waals surface area contributed by atoms with E-state index in [1.54, 1.807) is 24.3 Å². The van der Waals surface area contributed by atoms with Gasteiger partial charge in [-0.1, -0.05) is 30.3 Å². The minimum absolute atomic E-state index is 0.0513. The molecule has 0 aliphatic heterocycles. The molecule has 0 bridgehead atoms. The molecule has 0 aromatic heterocycles. The fourth-order valence-corrected chi connectivity index (χ4v) is 1.93. The van der Waals surface area contributed by atoms with Gasteiger partial charge in [-0.15, -0.1) is 0 Å². The monoisotopic (exact) mass is 319 g/mol. The van der Waals surface area contributed by atoms with Crippen molar-refractivity contribution in [2.24, 2.45) is 0 Å². The molecule has 0 aliphatic rings. The first-order valence-electron chi connectivity index (χ1n) is 6.60. The minimum atomic E-state index is -0.537. The van der Waals surface area contributed by atoms with E-state index in [0.29, 0.717) is 23.6 Å². The van der Waals surface area contributed by atoms with Crippen molar-refractivity contribution in [2.75, 3.05) is 11.9 Å². The first kappa shape index (κ1) is 16.0. The van der Waals surface area contributed by atoms with Crippen molar-refractivity contribution in [3.05, 3.63) is 71.0 Å². The van der Waals surface area contributed by atoms with Crippen molar-refractivity contribution >= 4 is 23.2 Å². The summed E-state index contributed by atoms with van der Waals surface area (Å²) in [4.78, 5) is 12.3. The van der Waals surface area contributed by atoms with Gasteiger partial charge in [0, 0.05) is 5.69 Å². The molecule has 1 N–H and O–H groups in total. The van der Waals surface area contributed by atoms with E-state index < -0.39 is 5.82 Å². The number of hydrogen-bond donors (Lipinski definition) is 1. The summed E-state index contributed by atoms with van der Waals surface area (Å²) in [6, 6.07) is 10.9. The van der Waals surface area contributed by atoms with Gasteiger partial charge in [-0.05, 0) is 42.8 Å². The smallest absolute Gasteiger partial charge is 0.259 e. The summed E-state index contributed by atoms with van der Waals surface area (Å²) in [6.45, 7) is 5.92. The highest BCUT2D eigenvalue weighted by atomic mass is 35.5. The van der Waals surface area contributed by atoms with E-state index in [1.165, 1.54) is 18.2 Å². The molecule has 0 saturated heterocycles. The van der Waals surface area contributed by atoms with E-state index in [4.69, 9.17) is 16.3 Å². The van der Waals surface area contributed by atoms with Crippen LogP contribution in [0.1, 0.15) is 17.3 Å². The summed E-state index contributed by atoms with van der Waals surface area (Å²) in [5.41, 5.74) is 1.64. The highest BCUT2D eigenvalue weighted by Gasteiger charge is 2.13. The second-order valence-electron chi connectivity index (χ2n) is 4.82. The molecule has 1 amide bonds. The highest BCUT2D eigenvalue weighted by Crippen LogP contribution is 2.23. The molecule has 2 aromatic carbocycles. The van der Waals surface area contributed by atoms with E-state index in [9.17, 15) is 9.18 Å². The molecule has 0 saturated carbocycles. The number of hydrogen-bond acceptors (Lipinski definition) is 2. The summed E-state index contributed by atoms with van der Waals surface area (Å²) >= 11 is 5.70. The summed E-state index contributed by atoms with van der Waals surface area (Å²) in [5, 5.41) is 2.61. The Morgan fingerprint density at radius 3 is 2.73 bits per heavy atom. The minimum Gasteiger partial charge on any atom is -0.488 e. The number of carbonyl (C=O) groups is 1. The fourth-order valence-electron chi connectivity index (χ4n) is 1.75. The van der Waals surface area contributed by atoms with Gasteiger partial charge in [-0.3, -0.25) is 4.79 Å². The number of nitrogens with one attached hydrogen (secondary N) is 1. The lowest BCUT2D eigenvalue weighted by atomic mass is 10.2. The van der Waals surface area contributed by atoms with Crippen LogP contribution in [0.15, 0.2) is 54.6 Å². The van der Waals surface area contributed by atoms with Crippen molar-refractivity contribution in [3.8, 4) is 5.75 Å². The van der Waals surface area contributed by atoms with E-state index in [-0.39, 0.29) is 10.9 Å². The molecule has 2 rings (SSSR count). The van der Waals surface area contributed by atoms with Gasteiger partial charge in [-0.25, -0.2) is 4.39 Å². The molecule has 5 heteroatoms. The second kappa shape index (κ2) is 7.09. The van der Waals surface area contributed by atoms with Gasteiger partial charge in [0.2, 0.25) is 0 Å². The average molecular weight is 320 g/mol. The Morgan fingerprint density at radius 1 is 1.32 bits per heavy atom. The summed E-state index contributed by atoms with van der Waals surface area (Å²) < 4.78 is 18.7. The number of para-hydroxylation sites is 1. The molecule has 0 unspecified atom stereocenters. The molecule has 3 nitrogen and oxygen atoms in total. The van der Waals surface area contributed by atoms with Gasteiger partial charge in [-0.2, -0.15) is 0 Å². The molecular formula is C17H15ClFNO2. The Hall–Kier alpha value is -2.33. The zero-order valence-corrected chi connectivity index (χ0v) is 12.8. The largest absolute Gasteiger partial charge is 0.488 e. The third kappa shape index (κ3) is 4.09. The van der Waals surface area contributed by atoms with Crippen LogP contribution >= 0.6 is 11.6 Å². The van der Waals surface area contributed by atoms with E-state index in [0.717, 1.165) is 5.57 Å². The maximum Gasteiger partial charge on any atom is 0.259 e. The first-order valence-corrected chi connectivity index (χ1v) is 6.98. The van der Waals surface area contributed by atoms with Gasteiger partial charge in [0.1, 0.15) is 18.2 Å². The van der Waals surface area contributed by atoms with Crippen molar-refractivity contribution < 1.29 is 13.9 Å². The molecule has 22 heavy (non-hydrogen) atoms. The Balaban J connectivity index is 2.18. The SMILES string of the molecule is C=C(C)COc1ccccc1C(=O)Nc1ccc(F)c(Cl)c1. The summed E-state index contributed by atoms with van der Waals surface area (Å²) in [6.07, 6.45) is 0. The van der Waals surface area contributed by atoms with Crippen molar-refractivity contribution in [3.63, 3.8) is 0 Å². The Morgan fingerprint density at radius 2 is 2.05 bits per heavy atom. The standard InChI is InChI=1S/C17H15ClFNO2/c1-11(2)10-22-16-6-4-3-5-13(16)17(21)20-12-7-8-15(19)14(18)9-12/h3-9H,1,10H2,2H3,(H,20,21). The Bertz CT molecular complexity index is 716. The van der Waals surface area contributed by atoms with Gasteiger partial charge in [0.15, 0.2) is 0 Å². The molecule has 0 spiro atoms. The lowest BCUT2D eigenvalue weighted by Gasteiger charge is -2.12. The molecule has 0 atom stereocenters. The number of benzene rings is 2. The van der Waals surface area contributed by atoms with Crippen LogP contribution in [0.3, 0.4) is 0 Å². The zero-order valence-electron chi connectivity index (χ0n) is 12.0. The third-order valence-corrected chi connectivity index (χ3v) is 3.07. The van der Waals surface area contributed by atoms with Gasteiger partial charge in [0.25, 0.3) is 5.91 Å². The normalized spacial score (nSPS) is 10.1. The number of ether oxygens (including phenoxy) is 1. The van der Waals surface area contributed by atoms with Crippen molar-refractivity contribution in [1.29, 1.82) is 0 Å². The van der Waals surface area contributed by atoms with Crippen LogP contribution in [0.2, 0.25) is 5.02 Å². The topological polar surface area (TPSA) is 38.3 Å². The molecule has 0 heterocycles. The molecular weight excluding hydrogens is 305 g/mol. The van der Waals surface area contributed by atoms with Crippen molar-refractivity contribution in [1.82, 2.24) is 0 Å². The fraction of sp³-hybridized carbons (Fsp3) is 0.118. The van der Waals surface area contributed by atoms with Crippen LogP contribution in [0, 0.1) is 5.82 Å². The third-order valence-electron chi connectivity index (χ3n) is 2.78. The van der Waals surface area contributed by atoms with Gasteiger partial charge >= 0.3 is 0 Å². The van der Waals surface area contributed by atoms with E-state index >= 15 is 0 Å². The zero-order chi connectivity index (χ0) is 16.1. The molecule has 0 fully saturated rings. The van der Waals surface area contributed by atoms with Crippen LogP contribution in [0.5, 0.6) is 5.75 Å². The number of carbonyl (C=O) groups excluding carboxylic acids is 1. The molecule has 114 valence electrons. The second-order valence-corrected chi connectivity index (χ2v) is 5.23. The van der Waals surface area contributed by atoms with Crippen molar-refractivity contribution in [2.45, 2.75) is 6.92 Å². The Labute approximate surface area is 133 Å². The lowest BCUT2D eigenvalue weighted by Crippen LogP contribution is -2.14. The predicted octanol–water partition coefficient (Wildman–Crippen LogP) is 4.69. The van der Waals surface area contributed by atoms with Crippen LogP contribution in [0.25, 0.3) is 0 Å². The number of rotatable bonds is 5. The maximum atomic E-state index is 13.1. The quantitative estimate of drug-likeness (QED) is 0.812. The highest BCUT2D eigenvalue weighted by molar-refractivity contribution is 6.31. The number of anilines is 1.